The van der Waals surface area contributed by atoms with Gasteiger partial charge < -0.3 is 30.1 Å². The second-order valence-corrected chi connectivity index (χ2v) is 9.60. The van der Waals surface area contributed by atoms with E-state index >= 15 is 0 Å². The molecule has 0 bridgehead atoms. The van der Waals surface area contributed by atoms with E-state index in [0.29, 0.717) is 44.1 Å². The lowest BCUT2D eigenvalue weighted by Gasteiger charge is -2.14. The molecule has 0 saturated carbocycles. The van der Waals surface area contributed by atoms with Gasteiger partial charge in [0, 0.05) is 18.7 Å². The number of primary sulfonamides is 1. The van der Waals surface area contributed by atoms with E-state index in [4.69, 9.17) is 14.6 Å². The van der Waals surface area contributed by atoms with Gasteiger partial charge in [0.25, 0.3) is 0 Å². The number of benzene rings is 2. The molecule has 2 aromatic rings. The first-order valence-corrected chi connectivity index (χ1v) is 12.9. The van der Waals surface area contributed by atoms with Gasteiger partial charge in [-0.25, -0.2) is 13.6 Å². The van der Waals surface area contributed by atoms with Crippen molar-refractivity contribution in [1.29, 1.82) is 0 Å². The number of sulfonamides is 1. The van der Waals surface area contributed by atoms with Crippen molar-refractivity contribution in [3.63, 3.8) is 0 Å². The molecule has 10 heteroatoms. The normalized spacial score (nSPS) is 12.7. The average molecular weight is 497 g/mol. The number of phenols is 1. The third kappa shape index (κ3) is 10.5. The van der Waals surface area contributed by atoms with E-state index in [0.717, 1.165) is 37.8 Å². The van der Waals surface area contributed by atoms with Crippen LogP contribution in [-0.4, -0.2) is 56.6 Å². The third-order valence-corrected chi connectivity index (χ3v) is 6.17. The van der Waals surface area contributed by atoms with Gasteiger partial charge in [-0.3, -0.25) is 0 Å². The van der Waals surface area contributed by atoms with E-state index in [-0.39, 0.29) is 17.3 Å². The maximum absolute atomic E-state index is 11.4. The molecular weight excluding hydrogens is 460 g/mol. The Hall–Kier alpha value is -2.05. The summed E-state index contributed by atoms with van der Waals surface area (Å²) in [6, 6.07) is 11.1. The molecule has 0 amide bonds. The number of aliphatic hydroxyl groups is 2. The van der Waals surface area contributed by atoms with Crippen LogP contribution >= 0.6 is 0 Å². The van der Waals surface area contributed by atoms with Gasteiger partial charge in [0.15, 0.2) is 0 Å². The van der Waals surface area contributed by atoms with E-state index in [1.54, 1.807) is 24.3 Å². The van der Waals surface area contributed by atoms with Gasteiger partial charge in [-0.2, -0.15) is 0 Å². The zero-order chi connectivity index (χ0) is 24.8. The standard InChI is InChI=1S/C24H36N2O7S/c25-34(30,31)22-7-5-6-19(14-22)18-33-13-12-32-11-4-2-1-3-10-26-16-24(29)20-8-9-23(28)21(15-20)17-27/h5-9,14-15,24,26-29H,1-4,10-13,16-18H2,(H2,25,30,31)/t24-/m0/s1. The number of ether oxygens (including phenoxy) is 2. The first-order valence-electron chi connectivity index (χ1n) is 11.4. The van der Waals surface area contributed by atoms with Crippen molar-refractivity contribution < 1.29 is 33.2 Å². The molecule has 0 spiro atoms. The monoisotopic (exact) mass is 496 g/mol. The molecule has 0 aromatic heterocycles. The Bertz CT molecular complexity index is 970. The number of unbranched alkanes of at least 4 members (excludes halogenated alkanes) is 3. The Morgan fingerprint density at radius 1 is 0.971 bits per heavy atom. The maximum Gasteiger partial charge on any atom is 0.238 e. The summed E-state index contributed by atoms with van der Waals surface area (Å²) in [5.41, 5.74) is 1.80. The lowest BCUT2D eigenvalue weighted by Crippen LogP contribution is -2.22. The molecule has 0 unspecified atom stereocenters. The number of hydrogen-bond donors (Lipinski definition) is 5. The van der Waals surface area contributed by atoms with Crippen LogP contribution in [0.25, 0.3) is 0 Å². The van der Waals surface area contributed by atoms with Gasteiger partial charge in [-0.05, 0) is 54.8 Å². The highest BCUT2D eigenvalue weighted by atomic mass is 32.2. The average Bonchev–Trinajstić information content (AvgIpc) is 2.81. The van der Waals surface area contributed by atoms with Crippen LogP contribution in [0, 0.1) is 0 Å². The van der Waals surface area contributed by atoms with Crippen molar-refractivity contribution in [2.75, 3.05) is 32.9 Å². The smallest absolute Gasteiger partial charge is 0.238 e. The Balaban J connectivity index is 1.43. The molecule has 2 aromatic carbocycles. The molecule has 2 rings (SSSR count). The highest BCUT2D eigenvalue weighted by Gasteiger charge is 2.10. The van der Waals surface area contributed by atoms with Gasteiger partial charge >= 0.3 is 0 Å². The van der Waals surface area contributed by atoms with Crippen molar-refractivity contribution in [3.05, 3.63) is 59.2 Å². The zero-order valence-corrected chi connectivity index (χ0v) is 20.2. The summed E-state index contributed by atoms with van der Waals surface area (Å²) in [4.78, 5) is 0.0743. The molecule has 6 N–H and O–H groups in total. The van der Waals surface area contributed by atoms with Crippen LogP contribution in [0.2, 0.25) is 0 Å². The van der Waals surface area contributed by atoms with Gasteiger partial charge in [-0.15, -0.1) is 0 Å². The van der Waals surface area contributed by atoms with Crippen LogP contribution in [0.5, 0.6) is 5.75 Å². The molecule has 0 heterocycles. The van der Waals surface area contributed by atoms with Crippen LogP contribution in [0.15, 0.2) is 47.4 Å². The molecule has 34 heavy (non-hydrogen) atoms. The van der Waals surface area contributed by atoms with Crippen LogP contribution in [-0.2, 0) is 32.7 Å². The lowest BCUT2D eigenvalue weighted by molar-refractivity contribution is 0.0392. The second-order valence-electron chi connectivity index (χ2n) is 8.04. The van der Waals surface area contributed by atoms with Crippen LogP contribution in [0.1, 0.15) is 48.5 Å². The van der Waals surface area contributed by atoms with Gasteiger partial charge in [0.05, 0.1) is 37.4 Å². The first kappa shape index (κ1) is 28.2. The summed E-state index contributed by atoms with van der Waals surface area (Å²) < 4.78 is 33.8. The molecule has 190 valence electrons. The van der Waals surface area contributed by atoms with E-state index in [1.165, 1.54) is 18.2 Å². The van der Waals surface area contributed by atoms with E-state index < -0.39 is 16.1 Å². The summed E-state index contributed by atoms with van der Waals surface area (Å²) >= 11 is 0. The highest BCUT2D eigenvalue weighted by molar-refractivity contribution is 7.89. The van der Waals surface area contributed by atoms with Crippen molar-refractivity contribution in [2.24, 2.45) is 5.14 Å². The summed E-state index contributed by atoms with van der Waals surface area (Å²) in [5.74, 6) is 0.0241. The molecule has 0 aliphatic carbocycles. The predicted octanol–water partition coefficient (Wildman–Crippen LogP) is 1.95. The topological polar surface area (TPSA) is 151 Å². The number of aliphatic hydroxyl groups excluding tert-OH is 2. The van der Waals surface area contributed by atoms with E-state index in [9.17, 15) is 23.7 Å². The summed E-state index contributed by atoms with van der Waals surface area (Å²) in [5, 5.41) is 37.3. The highest BCUT2D eigenvalue weighted by Crippen LogP contribution is 2.22. The predicted molar refractivity (Wildman–Crippen MR) is 129 cm³/mol. The molecule has 0 fully saturated rings. The van der Waals surface area contributed by atoms with E-state index in [1.807, 2.05) is 0 Å². The SMILES string of the molecule is NS(=O)(=O)c1cccc(COCCOCCCCCCNC[C@H](O)c2ccc(O)c(CO)c2)c1. The van der Waals surface area contributed by atoms with Crippen LogP contribution in [0.3, 0.4) is 0 Å². The third-order valence-electron chi connectivity index (χ3n) is 5.26. The Labute approximate surface area is 201 Å². The van der Waals surface area contributed by atoms with Crippen molar-refractivity contribution in [2.45, 2.75) is 49.9 Å². The molecular formula is C24H36N2O7S. The quantitative estimate of drug-likeness (QED) is 0.208. The molecule has 0 aliphatic heterocycles. The fourth-order valence-electron chi connectivity index (χ4n) is 3.33. The minimum Gasteiger partial charge on any atom is -0.508 e. The van der Waals surface area contributed by atoms with Crippen molar-refractivity contribution in [1.82, 2.24) is 5.32 Å². The van der Waals surface area contributed by atoms with Crippen LogP contribution in [0.4, 0.5) is 0 Å². The second kappa shape index (κ2) is 15.0. The van der Waals surface area contributed by atoms with Gasteiger partial charge in [-0.1, -0.05) is 31.0 Å². The Morgan fingerprint density at radius 3 is 2.50 bits per heavy atom. The summed E-state index contributed by atoms with van der Waals surface area (Å²) in [6.45, 7) is 2.79. The first-order chi connectivity index (χ1) is 16.3. The van der Waals surface area contributed by atoms with Gasteiger partial charge in [0.2, 0.25) is 10.0 Å². The van der Waals surface area contributed by atoms with E-state index in [2.05, 4.69) is 5.32 Å². The molecule has 0 radical (unpaired) electrons. The number of nitrogens with two attached hydrogens (primary N) is 1. The maximum atomic E-state index is 11.4. The number of hydrogen-bond acceptors (Lipinski definition) is 8. The minimum absolute atomic E-state index is 0.0241. The number of aromatic hydroxyl groups is 1. The fraction of sp³-hybridized carbons (Fsp3) is 0.500. The zero-order valence-electron chi connectivity index (χ0n) is 19.4. The largest absolute Gasteiger partial charge is 0.508 e. The van der Waals surface area contributed by atoms with Crippen molar-refractivity contribution in [3.8, 4) is 5.75 Å². The molecule has 1 atom stereocenters. The summed E-state index contributed by atoms with van der Waals surface area (Å²) in [6.07, 6.45) is 3.35. The van der Waals surface area contributed by atoms with Crippen molar-refractivity contribution >= 4 is 10.0 Å². The van der Waals surface area contributed by atoms with Crippen LogP contribution < -0.4 is 10.5 Å². The minimum atomic E-state index is -3.71. The molecule has 0 saturated heterocycles. The molecule has 9 nitrogen and oxygen atoms in total. The lowest BCUT2D eigenvalue weighted by atomic mass is 10.1. The molecule has 0 aliphatic rings. The summed E-state index contributed by atoms with van der Waals surface area (Å²) in [7, 11) is -3.71. The fourth-order valence-corrected chi connectivity index (χ4v) is 3.91. The van der Waals surface area contributed by atoms with Gasteiger partial charge in [0.1, 0.15) is 5.75 Å². The Morgan fingerprint density at radius 2 is 1.74 bits per heavy atom. The Kier molecular flexibility index (Phi) is 12.5. The number of rotatable bonds is 17. The number of nitrogens with one attached hydrogen (secondary N) is 1.